The molecule has 0 radical (unpaired) electrons. The van der Waals surface area contributed by atoms with E-state index in [1.54, 1.807) is 0 Å². The molecule has 1 aliphatic rings. The minimum Gasteiger partial charge on any atom is -0.405 e. The third-order valence-corrected chi connectivity index (χ3v) is 12.0. The molecular weight excluding hydrogens is 440 g/mol. The number of hydrogen-bond acceptors (Lipinski definition) is 5. The van der Waals surface area contributed by atoms with Gasteiger partial charge in [-0.15, -0.1) is 0 Å². The molecule has 0 aliphatic carbocycles. The van der Waals surface area contributed by atoms with E-state index in [1.165, 1.54) is 10.4 Å². The van der Waals surface area contributed by atoms with Gasteiger partial charge in [0.25, 0.3) is 8.32 Å². The van der Waals surface area contributed by atoms with Crippen molar-refractivity contribution in [2.45, 2.75) is 44.7 Å². The van der Waals surface area contributed by atoms with E-state index >= 15 is 0 Å². The van der Waals surface area contributed by atoms with Crippen molar-refractivity contribution in [2.75, 3.05) is 53.2 Å². The first-order valence-corrected chi connectivity index (χ1v) is 14.6. The summed E-state index contributed by atoms with van der Waals surface area (Å²) >= 11 is 0. The lowest BCUT2D eigenvalue weighted by Crippen LogP contribution is -2.66. The van der Waals surface area contributed by atoms with Gasteiger partial charge >= 0.3 is 0 Å². The van der Waals surface area contributed by atoms with Crippen LogP contribution in [0.25, 0.3) is 0 Å². The highest BCUT2D eigenvalue weighted by molar-refractivity contribution is 6.99. The molecule has 3 rings (SSSR count). The summed E-state index contributed by atoms with van der Waals surface area (Å²) in [5.41, 5.74) is 6.27. The molecule has 0 saturated carbocycles. The summed E-state index contributed by atoms with van der Waals surface area (Å²) in [6.07, 6.45) is 2.10. The molecule has 0 spiro atoms. The minimum atomic E-state index is -2.49. The molecule has 2 N–H and O–H groups in total. The molecule has 1 heterocycles. The Morgan fingerprint density at radius 1 is 0.853 bits per heavy atom. The molecule has 2 aromatic rings. The minimum absolute atomic E-state index is 0.0210. The van der Waals surface area contributed by atoms with Crippen molar-refractivity contribution in [1.82, 2.24) is 4.90 Å². The number of nitrogens with two attached hydrogens (primary N) is 1. The molecule has 5 nitrogen and oxygen atoms in total. The van der Waals surface area contributed by atoms with Gasteiger partial charge in [-0.2, -0.15) is 0 Å². The number of piperidine rings is 1. The van der Waals surface area contributed by atoms with Gasteiger partial charge in [0.05, 0.1) is 26.4 Å². The van der Waals surface area contributed by atoms with Crippen molar-refractivity contribution in [1.29, 1.82) is 0 Å². The number of rotatable bonds is 12. The van der Waals surface area contributed by atoms with Crippen molar-refractivity contribution in [3.8, 4) is 0 Å². The summed E-state index contributed by atoms with van der Waals surface area (Å²) < 4.78 is 18.6. The van der Waals surface area contributed by atoms with Crippen molar-refractivity contribution in [3.63, 3.8) is 0 Å². The maximum Gasteiger partial charge on any atom is 0.261 e. The number of ether oxygens (including phenoxy) is 2. The second-order valence-corrected chi connectivity index (χ2v) is 14.8. The van der Waals surface area contributed by atoms with Gasteiger partial charge in [0.15, 0.2) is 0 Å². The molecule has 1 aliphatic heterocycles. The predicted molar refractivity (Wildman–Crippen MR) is 143 cm³/mol. The first kappa shape index (κ1) is 27.1. The highest BCUT2D eigenvalue weighted by Gasteiger charge is 2.49. The molecule has 0 bridgehead atoms. The average Bonchev–Trinajstić information content (AvgIpc) is 2.83. The molecule has 0 aromatic heterocycles. The monoisotopic (exact) mass is 484 g/mol. The van der Waals surface area contributed by atoms with Gasteiger partial charge < -0.3 is 24.5 Å². The Balaban J connectivity index is 1.47. The molecule has 1 fully saturated rings. The van der Waals surface area contributed by atoms with Gasteiger partial charge in [0.1, 0.15) is 0 Å². The fourth-order valence-corrected chi connectivity index (χ4v) is 9.65. The van der Waals surface area contributed by atoms with Crippen LogP contribution in [0, 0.1) is 5.92 Å². The summed E-state index contributed by atoms with van der Waals surface area (Å²) in [6, 6.07) is 21.8. The van der Waals surface area contributed by atoms with Crippen LogP contribution in [-0.2, 0) is 13.9 Å². The zero-order chi connectivity index (χ0) is 24.4. The first-order valence-electron chi connectivity index (χ1n) is 12.7. The molecule has 34 heavy (non-hydrogen) atoms. The zero-order valence-corrected chi connectivity index (χ0v) is 22.5. The van der Waals surface area contributed by atoms with Crippen molar-refractivity contribution in [2.24, 2.45) is 11.7 Å². The van der Waals surface area contributed by atoms with E-state index in [4.69, 9.17) is 19.6 Å². The van der Waals surface area contributed by atoms with Crippen LogP contribution in [0.4, 0.5) is 0 Å². The Morgan fingerprint density at radius 3 is 1.94 bits per heavy atom. The van der Waals surface area contributed by atoms with Crippen LogP contribution in [0.3, 0.4) is 0 Å². The second kappa shape index (κ2) is 13.0. The molecule has 0 unspecified atom stereocenters. The first-order chi connectivity index (χ1) is 16.3. The number of hydrogen-bond donors (Lipinski definition) is 1. The standard InChI is InChI=1S/C28H44N2O3Si/c1-28(2,3)34(25-11-7-5-8-12-25,26-13-9-6-10-14-26)33-22-21-32-20-19-31-18-16-24-23-30(4)17-15-27(24)29/h5-14,24,27H,15-23,29H2,1-4H3/t24-,27-/m0/s1. The van der Waals surface area contributed by atoms with E-state index in [0.29, 0.717) is 38.4 Å². The lowest BCUT2D eigenvalue weighted by Gasteiger charge is -2.43. The quantitative estimate of drug-likeness (QED) is 0.370. The Labute approximate surface area is 207 Å². The molecule has 0 amide bonds. The van der Waals surface area contributed by atoms with E-state index in [9.17, 15) is 0 Å². The molecule has 6 heteroatoms. The van der Waals surface area contributed by atoms with Gasteiger partial charge in [-0.25, -0.2) is 0 Å². The number of likely N-dealkylation sites (tertiary alicyclic amines) is 1. The van der Waals surface area contributed by atoms with Crippen molar-refractivity contribution >= 4 is 18.7 Å². The van der Waals surface area contributed by atoms with Crippen LogP contribution >= 0.6 is 0 Å². The molecule has 1 saturated heterocycles. The number of benzene rings is 2. The summed E-state index contributed by atoms with van der Waals surface area (Å²) in [7, 11) is -0.320. The fraction of sp³-hybridized carbons (Fsp3) is 0.571. The fourth-order valence-electron chi connectivity index (χ4n) is 5.11. The second-order valence-electron chi connectivity index (χ2n) is 10.5. The highest BCUT2D eigenvalue weighted by Crippen LogP contribution is 2.36. The number of nitrogens with zero attached hydrogens (tertiary/aromatic N) is 1. The van der Waals surface area contributed by atoms with E-state index in [0.717, 1.165) is 32.5 Å². The Kier molecular flexibility index (Phi) is 10.3. The molecule has 188 valence electrons. The van der Waals surface area contributed by atoms with Gasteiger partial charge in [0.2, 0.25) is 0 Å². The van der Waals surface area contributed by atoms with Crippen molar-refractivity contribution < 1.29 is 13.9 Å². The maximum absolute atomic E-state index is 6.85. The van der Waals surface area contributed by atoms with Gasteiger partial charge in [-0.1, -0.05) is 81.4 Å². The Hall–Kier alpha value is -1.54. The summed E-state index contributed by atoms with van der Waals surface area (Å²) in [5, 5.41) is 2.57. The Morgan fingerprint density at radius 2 is 1.38 bits per heavy atom. The molecular formula is C28H44N2O3Si. The average molecular weight is 485 g/mol. The zero-order valence-electron chi connectivity index (χ0n) is 21.5. The smallest absolute Gasteiger partial charge is 0.261 e. The Bertz CT molecular complexity index is 789. The van der Waals surface area contributed by atoms with Crippen LogP contribution in [0.15, 0.2) is 60.7 Å². The lowest BCUT2D eigenvalue weighted by molar-refractivity contribution is 0.0272. The van der Waals surface area contributed by atoms with Crippen molar-refractivity contribution in [3.05, 3.63) is 60.7 Å². The van der Waals surface area contributed by atoms with Crippen LogP contribution < -0.4 is 16.1 Å². The van der Waals surface area contributed by atoms with Crippen LogP contribution in [0.1, 0.15) is 33.6 Å². The van der Waals surface area contributed by atoms with E-state index < -0.39 is 8.32 Å². The summed E-state index contributed by atoms with van der Waals surface area (Å²) in [6.45, 7) is 12.1. The van der Waals surface area contributed by atoms with E-state index in [1.807, 2.05) is 0 Å². The largest absolute Gasteiger partial charge is 0.405 e. The van der Waals surface area contributed by atoms with Gasteiger partial charge in [-0.3, -0.25) is 0 Å². The lowest BCUT2D eigenvalue weighted by atomic mass is 9.91. The topological polar surface area (TPSA) is 57.0 Å². The maximum atomic E-state index is 6.85. The third-order valence-electron chi connectivity index (χ3n) is 6.96. The predicted octanol–water partition coefficient (Wildman–Crippen LogP) is 3.27. The van der Waals surface area contributed by atoms with Crippen LogP contribution in [0.5, 0.6) is 0 Å². The normalized spacial score (nSPS) is 19.9. The summed E-state index contributed by atoms with van der Waals surface area (Å²) in [4.78, 5) is 2.36. The van der Waals surface area contributed by atoms with Gasteiger partial charge in [0, 0.05) is 19.2 Å². The molecule has 2 atom stereocenters. The molecule has 2 aromatic carbocycles. The summed E-state index contributed by atoms with van der Waals surface area (Å²) in [5.74, 6) is 0.527. The highest BCUT2D eigenvalue weighted by atomic mass is 28.4. The third kappa shape index (κ3) is 7.00. The van der Waals surface area contributed by atoms with Gasteiger partial charge in [-0.05, 0) is 47.8 Å². The van der Waals surface area contributed by atoms with E-state index in [-0.39, 0.29) is 5.04 Å². The SMILES string of the molecule is CN1CC[C@H](N)[C@@H](CCOCCOCCO[Si](c2ccccc2)(c2ccccc2)C(C)(C)C)C1. The van der Waals surface area contributed by atoms with E-state index in [2.05, 4.69) is 93.4 Å². The van der Waals surface area contributed by atoms with Crippen LogP contribution in [0.2, 0.25) is 5.04 Å². The van der Waals surface area contributed by atoms with Crippen LogP contribution in [-0.4, -0.2) is 72.4 Å².